The van der Waals surface area contributed by atoms with Crippen LogP contribution in [0.5, 0.6) is 11.5 Å². The van der Waals surface area contributed by atoms with Crippen molar-refractivity contribution in [2.24, 2.45) is 5.92 Å². The molecule has 0 radical (unpaired) electrons. The predicted octanol–water partition coefficient (Wildman–Crippen LogP) is 6.57. The Bertz CT molecular complexity index is 1110. The lowest BCUT2D eigenvalue weighted by atomic mass is 9.74. The van der Waals surface area contributed by atoms with Crippen molar-refractivity contribution in [2.45, 2.75) is 64.6 Å². The largest absolute Gasteiger partial charge is 0.497 e. The summed E-state index contributed by atoms with van der Waals surface area (Å²) in [5, 5.41) is 9.87. The second-order valence-corrected chi connectivity index (χ2v) is 9.95. The van der Waals surface area contributed by atoms with Crippen LogP contribution in [0.3, 0.4) is 0 Å². The van der Waals surface area contributed by atoms with Gasteiger partial charge in [0, 0.05) is 22.4 Å². The van der Waals surface area contributed by atoms with Gasteiger partial charge in [-0.05, 0) is 86.9 Å². The molecule has 0 amide bonds. The Hall–Kier alpha value is -2.50. The molecule has 0 saturated carbocycles. The number of benzene rings is 2. The minimum atomic E-state index is -1.02. The van der Waals surface area contributed by atoms with E-state index in [0.717, 1.165) is 53.7 Å². The highest BCUT2D eigenvalue weighted by Gasteiger charge is 2.43. The number of carbonyl (C=O) groups is 1. The van der Waals surface area contributed by atoms with Crippen LogP contribution in [0.2, 0.25) is 5.02 Å². The lowest BCUT2D eigenvalue weighted by Gasteiger charge is -2.43. The molecule has 6 heteroatoms. The monoisotopic (exact) mass is 484 g/mol. The van der Waals surface area contributed by atoms with Gasteiger partial charge in [-0.15, -0.1) is 0 Å². The van der Waals surface area contributed by atoms with Gasteiger partial charge in [0.2, 0.25) is 0 Å². The molecule has 1 heterocycles. The molecule has 1 saturated heterocycles. The van der Waals surface area contributed by atoms with E-state index in [1.807, 2.05) is 32.9 Å². The molecule has 1 aliphatic carbocycles. The van der Waals surface area contributed by atoms with Gasteiger partial charge in [-0.25, -0.2) is 4.79 Å². The van der Waals surface area contributed by atoms with Crippen molar-refractivity contribution >= 4 is 17.6 Å². The molecule has 0 aromatic heterocycles. The quantitative estimate of drug-likeness (QED) is 0.469. The molecule has 2 aliphatic rings. The zero-order chi connectivity index (χ0) is 24.6. The Morgan fingerprint density at radius 3 is 2.74 bits per heavy atom. The number of hydrogen-bond acceptors (Lipinski definition) is 4. The SMILES string of the molecule is C=C(C)[C@H]1C[C@@H]2c3ccc(OC)cc3CCC[C@@H]2O[C@@H]1c1c(OCC(=O)O)cc(C)c(Cl)c1C. The average Bonchev–Trinajstić information content (AvgIpc) is 2.98. The number of methoxy groups -OCH3 is 1. The van der Waals surface area contributed by atoms with Crippen molar-refractivity contribution < 1.29 is 24.1 Å². The second kappa shape index (κ2) is 10.0. The summed E-state index contributed by atoms with van der Waals surface area (Å²) >= 11 is 6.66. The number of fused-ring (bicyclic) bond motifs is 3. The maximum atomic E-state index is 11.3. The van der Waals surface area contributed by atoms with Crippen LogP contribution >= 0.6 is 11.6 Å². The molecule has 0 spiro atoms. The topological polar surface area (TPSA) is 65.0 Å². The van der Waals surface area contributed by atoms with Gasteiger partial charge in [0.15, 0.2) is 6.61 Å². The van der Waals surface area contributed by atoms with E-state index in [9.17, 15) is 9.90 Å². The number of carboxylic acid groups (broad SMARTS) is 1. The Balaban J connectivity index is 1.77. The highest BCUT2D eigenvalue weighted by atomic mass is 35.5. The van der Waals surface area contributed by atoms with Crippen LogP contribution in [0, 0.1) is 19.8 Å². The summed E-state index contributed by atoms with van der Waals surface area (Å²) < 4.78 is 18.1. The van der Waals surface area contributed by atoms with Crippen molar-refractivity contribution in [1.82, 2.24) is 0 Å². The summed E-state index contributed by atoms with van der Waals surface area (Å²) in [4.78, 5) is 11.3. The van der Waals surface area contributed by atoms with Crippen molar-refractivity contribution in [1.29, 1.82) is 0 Å². The van der Waals surface area contributed by atoms with E-state index in [4.69, 9.17) is 25.8 Å². The van der Waals surface area contributed by atoms with Gasteiger partial charge >= 0.3 is 5.97 Å². The fourth-order valence-corrected chi connectivity index (χ4v) is 5.74. The highest BCUT2D eigenvalue weighted by Crippen LogP contribution is 2.52. The second-order valence-electron chi connectivity index (χ2n) is 9.57. The first kappa shape index (κ1) is 24.6. The average molecular weight is 485 g/mol. The molecular formula is C28H33ClO5. The molecule has 4 rings (SSSR count). The van der Waals surface area contributed by atoms with E-state index < -0.39 is 12.6 Å². The van der Waals surface area contributed by atoms with Crippen LogP contribution < -0.4 is 9.47 Å². The maximum Gasteiger partial charge on any atom is 0.341 e. The Labute approximate surface area is 206 Å². The summed E-state index contributed by atoms with van der Waals surface area (Å²) in [6.07, 6.45) is 3.61. The number of halogens is 1. The number of ether oxygens (including phenoxy) is 3. The number of carboxylic acids is 1. The summed E-state index contributed by atoms with van der Waals surface area (Å²) in [5.41, 5.74) is 6.24. The van der Waals surface area contributed by atoms with Crippen LogP contribution in [0.4, 0.5) is 0 Å². The molecule has 1 aliphatic heterocycles. The van der Waals surface area contributed by atoms with Gasteiger partial charge in [0.25, 0.3) is 0 Å². The fraction of sp³-hybridized carbons (Fsp3) is 0.464. The van der Waals surface area contributed by atoms with Crippen LogP contribution in [0.15, 0.2) is 36.4 Å². The Morgan fingerprint density at radius 1 is 1.29 bits per heavy atom. The molecule has 0 unspecified atom stereocenters. The molecule has 4 atom stereocenters. The molecule has 5 nitrogen and oxygen atoms in total. The van der Waals surface area contributed by atoms with Crippen LogP contribution in [-0.4, -0.2) is 30.9 Å². The zero-order valence-corrected chi connectivity index (χ0v) is 21.1. The third kappa shape index (κ3) is 4.69. The molecule has 1 N–H and O–H groups in total. The van der Waals surface area contributed by atoms with Crippen LogP contribution in [0.1, 0.15) is 66.0 Å². The van der Waals surface area contributed by atoms with Gasteiger partial charge in [0.05, 0.1) is 19.3 Å². The van der Waals surface area contributed by atoms with E-state index in [0.29, 0.717) is 10.8 Å². The first-order chi connectivity index (χ1) is 16.2. The Morgan fingerprint density at radius 2 is 2.06 bits per heavy atom. The first-order valence-corrected chi connectivity index (χ1v) is 12.2. The summed E-state index contributed by atoms with van der Waals surface area (Å²) in [7, 11) is 1.70. The first-order valence-electron chi connectivity index (χ1n) is 11.8. The molecule has 0 bridgehead atoms. The smallest absolute Gasteiger partial charge is 0.341 e. The van der Waals surface area contributed by atoms with E-state index in [2.05, 4.69) is 18.7 Å². The number of aryl methyl sites for hydroxylation is 2. The van der Waals surface area contributed by atoms with Crippen molar-refractivity contribution in [3.05, 3.63) is 69.3 Å². The summed E-state index contributed by atoms with van der Waals surface area (Å²) in [6.45, 7) is 9.78. The minimum Gasteiger partial charge on any atom is -0.497 e. The minimum absolute atomic E-state index is 0.0407. The third-order valence-corrected chi connectivity index (χ3v) is 7.87. The molecule has 34 heavy (non-hydrogen) atoms. The zero-order valence-electron chi connectivity index (χ0n) is 20.3. The molecule has 182 valence electrons. The lowest BCUT2D eigenvalue weighted by molar-refractivity contribution is -0.139. The van der Waals surface area contributed by atoms with Gasteiger partial charge in [-0.2, -0.15) is 0 Å². The number of hydrogen-bond donors (Lipinski definition) is 1. The van der Waals surface area contributed by atoms with Crippen molar-refractivity contribution in [2.75, 3.05) is 13.7 Å². The summed E-state index contributed by atoms with van der Waals surface area (Å²) in [6, 6.07) is 8.20. The van der Waals surface area contributed by atoms with Crippen molar-refractivity contribution in [3.63, 3.8) is 0 Å². The number of aliphatic carboxylic acids is 1. The fourth-order valence-electron chi connectivity index (χ4n) is 5.58. The Kier molecular flexibility index (Phi) is 7.25. The lowest BCUT2D eigenvalue weighted by Crippen LogP contribution is -2.36. The molecule has 1 fully saturated rings. The van der Waals surface area contributed by atoms with Crippen LogP contribution in [0.25, 0.3) is 0 Å². The third-order valence-electron chi connectivity index (χ3n) is 7.29. The highest BCUT2D eigenvalue weighted by molar-refractivity contribution is 6.32. The van der Waals surface area contributed by atoms with Crippen molar-refractivity contribution in [3.8, 4) is 11.5 Å². The number of rotatable bonds is 6. The summed E-state index contributed by atoms with van der Waals surface area (Å²) in [5.74, 6) is 0.682. The predicted molar refractivity (Wildman–Crippen MR) is 133 cm³/mol. The van der Waals surface area contributed by atoms with Gasteiger partial charge in [0.1, 0.15) is 11.5 Å². The molecule has 2 aromatic carbocycles. The normalized spacial score (nSPS) is 23.9. The van der Waals surface area contributed by atoms with E-state index in [1.165, 1.54) is 11.1 Å². The van der Waals surface area contributed by atoms with Crippen LogP contribution in [-0.2, 0) is 16.0 Å². The van der Waals surface area contributed by atoms with Gasteiger partial charge in [-0.1, -0.05) is 29.8 Å². The van der Waals surface area contributed by atoms with E-state index >= 15 is 0 Å². The van der Waals surface area contributed by atoms with Gasteiger partial charge in [-0.3, -0.25) is 0 Å². The standard InChI is InChI=1S/C28H33ClO5/c1-15(2)21-13-22-20-10-9-19(32-5)12-18(20)7-6-8-23(22)34-28(21)26-17(4)27(29)16(3)11-24(26)33-14-25(30)31/h9-12,21-23,28H,1,6-8,13-14H2,2-5H3,(H,30,31)/t21-,22-,23+,28+/m1/s1. The van der Waals surface area contributed by atoms with E-state index in [-0.39, 0.29) is 24.0 Å². The molecular weight excluding hydrogens is 452 g/mol. The van der Waals surface area contributed by atoms with Gasteiger partial charge < -0.3 is 19.3 Å². The molecule has 2 aromatic rings. The van der Waals surface area contributed by atoms with E-state index in [1.54, 1.807) is 7.11 Å². The maximum absolute atomic E-state index is 11.3.